The highest BCUT2D eigenvalue weighted by molar-refractivity contribution is 6.35. The highest BCUT2D eigenvalue weighted by atomic mass is 35.5. The second kappa shape index (κ2) is 7.92. The van der Waals surface area contributed by atoms with Gasteiger partial charge in [-0.1, -0.05) is 41.4 Å². The number of hydrogen-bond acceptors (Lipinski definition) is 4. The van der Waals surface area contributed by atoms with Gasteiger partial charge in [0.05, 0.1) is 11.1 Å². The Kier molecular flexibility index (Phi) is 5.58. The van der Waals surface area contributed by atoms with Crippen LogP contribution in [0.25, 0.3) is 0 Å². The minimum Gasteiger partial charge on any atom is -0.478 e. The van der Waals surface area contributed by atoms with Gasteiger partial charge in [-0.3, -0.25) is 4.79 Å². The molecule has 9 heteroatoms. The third kappa shape index (κ3) is 3.81. The second-order valence-corrected chi connectivity index (χ2v) is 6.17. The molecule has 0 radical (unpaired) electrons. The van der Waals surface area contributed by atoms with Crippen molar-refractivity contribution in [1.29, 1.82) is 0 Å². The van der Waals surface area contributed by atoms with Crippen LogP contribution in [0.2, 0.25) is 10.3 Å². The lowest BCUT2D eigenvalue weighted by Crippen LogP contribution is -2.11. The molecule has 0 atom stereocenters. The molecule has 28 heavy (non-hydrogen) atoms. The monoisotopic (exact) mass is 423 g/mol. The number of carbonyl (C=O) groups excluding carboxylic acids is 1. The van der Waals surface area contributed by atoms with Crippen molar-refractivity contribution in [3.63, 3.8) is 0 Å². The number of aromatic carboxylic acids is 1. The van der Waals surface area contributed by atoms with Crippen molar-refractivity contribution in [3.8, 4) is 11.5 Å². The van der Waals surface area contributed by atoms with Crippen LogP contribution < -0.4 is 4.74 Å². The molecule has 0 fully saturated rings. The van der Waals surface area contributed by atoms with Crippen LogP contribution in [0.3, 0.4) is 0 Å². The molecule has 0 saturated carbocycles. The quantitative estimate of drug-likeness (QED) is 0.439. The van der Waals surface area contributed by atoms with Gasteiger partial charge in [-0.2, -0.15) is 0 Å². The molecule has 0 bridgehead atoms. The predicted octanol–water partition coefficient (Wildman–Crippen LogP) is 5.39. The van der Waals surface area contributed by atoms with Gasteiger partial charge in [-0.05, 0) is 30.3 Å². The summed E-state index contributed by atoms with van der Waals surface area (Å²) in [5, 5.41) is 8.33. The average Bonchev–Trinajstić information content (AvgIpc) is 2.66. The van der Waals surface area contributed by atoms with Crippen LogP contribution in [0, 0.1) is 11.6 Å². The number of ketones is 1. The van der Waals surface area contributed by atoms with Gasteiger partial charge < -0.3 is 9.84 Å². The highest BCUT2D eigenvalue weighted by Crippen LogP contribution is 2.33. The topological polar surface area (TPSA) is 76.5 Å². The Morgan fingerprint density at radius 3 is 2.21 bits per heavy atom. The van der Waals surface area contributed by atoms with Crippen molar-refractivity contribution in [2.24, 2.45) is 0 Å². The summed E-state index contributed by atoms with van der Waals surface area (Å²) in [6, 6.07) is 10.5. The Morgan fingerprint density at radius 1 is 0.929 bits per heavy atom. The molecule has 0 aliphatic carbocycles. The van der Waals surface area contributed by atoms with E-state index in [1.54, 1.807) is 18.2 Å². The zero-order valence-electron chi connectivity index (χ0n) is 13.7. The Bertz CT molecular complexity index is 1090. The Hall–Kier alpha value is -3.03. The zero-order chi connectivity index (χ0) is 20.4. The second-order valence-electron chi connectivity index (χ2n) is 5.45. The van der Waals surface area contributed by atoms with E-state index in [9.17, 15) is 19.1 Å². The fraction of sp³-hybridized carbons (Fsp3) is 0. The van der Waals surface area contributed by atoms with Crippen LogP contribution in [-0.4, -0.2) is 21.8 Å². The first-order valence-corrected chi connectivity index (χ1v) is 8.40. The van der Waals surface area contributed by atoms with E-state index in [1.165, 1.54) is 12.1 Å². The molecule has 1 heterocycles. The molecule has 1 N–H and O–H groups in total. The fourth-order valence-electron chi connectivity index (χ4n) is 2.36. The molecule has 3 rings (SSSR count). The van der Waals surface area contributed by atoms with Crippen molar-refractivity contribution in [1.82, 2.24) is 4.98 Å². The Balaban J connectivity index is 2.12. The molecule has 0 aliphatic heterocycles. The van der Waals surface area contributed by atoms with Crippen molar-refractivity contribution in [2.45, 2.75) is 0 Å². The summed E-state index contributed by atoms with van der Waals surface area (Å²) in [7, 11) is 0. The van der Waals surface area contributed by atoms with Crippen molar-refractivity contribution in [2.75, 3.05) is 0 Å². The lowest BCUT2D eigenvalue weighted by molar-refractivity contribution is 0.0692. The van der Waals surface area contributed by atoms with E-state index >= 15 is 4.39 Å². The first-order valence-electron chi connectivity index (χ1n) is 7.64. The fourth-order valence-corrected chi connectivity index (χ4v) is 2.76. The van der Waals surface area contributed by atoms with Gasteiger partial charge in [0, 0.05) is 0 Å². The summed E-state index contributed by atoms with van der Waals surface area (Å²) in [6.07, 6.45) is 0. The summed E-state index contributed by atoms with van der Waals surface area (Å²) in [5.74, 6) is -5.23. The summed E-state index contributed by atoms with van der Waals surface area (Å²) >= 11 is 11.3. The van der Waals surface area contributed by atoms with Crippen molar-refractivity contribution >= 4 is 35.0 Å². The van der Waals surface area contributed by atoms with Gasteiger partial charge in [0.2, 0.25) is 0 Å². The number of nitrogens with zero attached hydrogens (tertiary/aromatic N) is 1. The summed E-state index contributed by atoms with van der Waals surface area (Å²) in [6.45, 7) is 0. The lowest BCUT2D eigenvalue weighted by Gasteiger charge is -2.13. The molecule has 0 aliphatic rings. The first kappa shape index (κ1) is 19.7. The number of halogens is 4. The zero-order valence-corrected chi connectivity index (χ0v) is 15.3. The molecule has 142 valence electrons. The van der Waals surface area contributed by atoms with E-state index in [2.05, 4.69) is 4.98 Å². The highest BCUT2D eigenvalue weighted by Gasteiger charge is 2.26. The van der Waals surface area contributed by atoms with Gasteiger partial charge in [0.15, 0.2) is 28.3 Å². The molecular formula is C19H9Cl2F2NO4. The first-order chi connectivity index (χ1) is 13.3. The van der Waals surface area contributed by atoms with Gasteiger partial charge in [-0.25, -0.2) is 18.6 Å². The molecule has 0 spiro atoms. The van der Waals surface area contributed by atoms with E-state index in [-0.39, 0.29) is 5.75 Å². The number of hydrogen-bond donors (Lipinski definition) is 1. The molecule has 1 aromatic heterocycles. The molecular weight excluding hydrogens is 415 g/mol. The van der Waals surface area contributed by atoms with Crippen LogP contribution in [0.4, 0.5) is 8.78 Å². The largest absolute Gasteiger partial charge is 0.478 e. The van der Waals surface area contributed by atoms with Gasteiger partial charge in [0.1, 0.15) is 16.5 Å². The summed E-state index contributed by atoms with van der Waals surface area (Å²) < 4.78 is 34.1. The van der Waals surface area contributed by atoms with Crippen LogP contribution in [-0.2, 0) is 0 Å². The molecule has 2 aromatic carbocycles. The predicted molar refractivity (Wildman–Crippen MR) is 97.5 cm³/mol. The third-order valence-corrected chi connectivity index (χ3v) is 4.22. The third-order valence-electron chi connectivity index (χ3n) is 3.67. The van der Waals surface area contributed by atoms with Gasteiger partial charge in [-0.15, -0.1) is 0 Å². The minimum atomic E-state index is -1.46. The lowest BCUT2D eigenvalue weighted by atomic mass is 10.0. The maximum absolute atomic E-state index is 15.0. The summed E-state index contributed by atoms with van der Waals surface area (Å²) in [5.41, 5.74) is -1.50. The molecule has 3 aromatic rings. The Morgan fingerprint density at radius 2 is 1.57 bits per heavy atom. The van der Waals surface area contributed by atoms with E-state index in [1.807, 2.05) is 0 Å². The number of carboxylic acids is 1. The van der Waals surface area contributed by atoms with Gasteiger partial charge in [0.25, 0.3) is 0 Å². The molecule has 0 saturated heterocycles. The number of pyridine rings is 1. The number of carboxylic acid groups (broad SMARTS) is 1. The smallest absolute Gasteiger partial charge is 0.339 e. The average molecular weight is 424 g/mol. The van der Waals surface area contributed by atoms with E-state index in [4.69, 9.17) is 27.9 Å². The maximum atomic E-state index is 15.0. The van der Waals surface area contributed by atoms with Crippen LogP contribution in [0.5, 0.6) is 11.5 Å². The minimum absolute atomic E-state index is 0.158. The van der Waals surface area contributed by atoms with Crippen molar-refractivity contribution in [3.05, 3.63) is 87.2 Å². The SMILES string of the molecule is O=C(c1cc(F)c(Cl)nc1Cl)c1ccc(C(=O)O)c(Oc2ccccc2)c1F. The van der Waals surface area contributed by atoms with Crippen LogP contribution >= 0.6 is 23.2 Å². The number of benzene rings is 2. The Labute approximate surface area is 167 Å². The van der Waals surface area contributed by atoms with Crippen LogP contribution in [0.15, 0.2) is 48.5 Å². The summed E-state index contributed by atoms with van der Waals surface area (Å²) in [4.78, 5) is 27.6. The number of rotatable bonds is 5. The molecule has 0 unspecified atom stereocenters. The van der Waals surface area contributed by atoms with Crippen molar-refractivity contribution < 1.29 is 28.2 Å². The number of ether oxygens (including phenoxy) is 1. The van der Waals surface area contributed by atoms with E-state index in [0.29, 0.717) is 0 Å². The van der Waals surface area contributed by atoms with E-state index in [0.717, 1.165) is 18.2 Å². The van der Waals surface area contributed by atoms with E-state index < -0.39 is 56.1 Å². The van der Waals surface area contributed by atoms with Crippen LogP contribution in [0.1, 0.15) is 26.3 Å². The number of carbonyl (C=O) groups is 2. The molecule has 5 nitrogen and oxygen atoms in total. The number of para-hydroxylation sites is 1. The maximum Gasteiger partial charge on any atom is 0.339 e. The normalized spacial score (nSPS) is 10.6. The standard InChI is InChI=1S/C19H9Cl2F2NO4/c20-17-12(8-13(22)18(21)24-17)15(25)10-6-7-11(19(26)27)16(14(10)23)28-9-4-2-1-3-5-9/h1-8H,(H,26,27). The van der Waals surface area contributed by atoms with Gasteiger partial charge >= 0.3 is 5.97 Å². The number of aromatic nitrogens is 1. The molecule has 0 amide bonds.